The van der Waals surface area contributed by atoms with Crippen molar-refractivity contribution in [3.8, 4) is 0 Å². The Morgan fingerprint density at radius 2 is 1.72 bits per heavy atom. The van der Waals surface area contributed by atoms with E-state index in [9.17, 15) is 8.78 Å². The second kappa shape index (κ2) is 7.27. The highest BCUT2D eigenvalue weighted by atomic mass is 19.3. The number of hydrogen-bond acceptors (Lipinski definition) is 4. The van der Waals surface area contributed by atoms with Crippen molar-refractivity contribution < 1.29 is 8.78 Å². The Balaban J connectivity index is 1.29. The molecule has 1 aromatic rings. The van der Waals surface area contributed by atoms with E-state index in [0.29, 0.717) is 19.0 Å². The smallest absolute Gasteiger partial charge is 0.275 e. The summed E-state index contributed by atoms with van der Waals surface area (Å²) in [6.07, 6.45) is 0.564. The maximum absolute atomic E-state index is 14.8. The highest BCUT2D eigenvalue weighted by molar-refractivity contribution is 5.15. The van der Waals surface area contributed by atoms with Crippen molar-refractivity contribution in [2.75, 3.05) is 52.4 Å². The van der Waals surface area contributed by atoms with E-state index in [1.165, 1.54) is 0 Å². The lowest BCUT2D eigenvalue weighted by Crippen LogP contribution is -2.69. The highest BCUT2D eigenvalue weighted by Crippen LogP contribution is 2.35. The van der Waals surface area contributed by atoms with Crippen molar-refractivity contribution in [3.05, 3.63) is 35.9 Å². The maximum atomic E-state index is 14.8. The van der Waals surface area contributed by atoms with Gasteiger partial charge in [0.2, 0.25) is 0 Å². The van der Waals surface area contributed by atoms with Crippen LogP contribution in [0.1, 0.15) is 12.0 Å². The normalized spacial score (nSPS) is 29.4. The van der Waals surface area contributed by atoms with E-state index in [4.69, 9.17) is 0 Å². The Morgan fingerprint density at radius 3 is 2.40 bits per heavy atom. The monoisotopic (exact) mass is 350 g/mol. The van der Waals surface area contributed by atoms with Gasteiger partial charge >= 0.3 is 0 Å². The number of halogens is 2. The minimum Gasteiger partial charge on any atom is -0.314 e. The molecular formula is C19H28F2N4. The van der Waals surface area contributed by atoms with Crippen LogP contribution in [-0.4, -0.2) is 85.1 Å². The minimum atomic E-state index is -2.62. The number of likely N-dealkylation sites (tertiary alicyclic amines) is 2. The van der Waals surface area contributed by atoms with E-state index in [0.717, 1.165) is 51.4 Å². The third kappa shape index (κ3) is 3.87. The third-order valence-electron chi connectivity index (χ3n) is 5.89. The zero-order valence-corrected chi connectivity index (χ0v) is 14.7. The molecule has 3 fully saturated rings. The van der Waals surface area contributed by atoms with Gasteiger partial charge in [0.05, 0.1) is 12.6 Å². The Morgan fingerprint density at radius 1 is 1.00 bits per heavy atom. The Kier molecular flexibility index (Phi) is 5.04. The first-order chi connectivity index (χ1) is 12.1. The molecule has 3 heterocycles. The zero-order chi connectivity index (χ0) is 17.3. The van der Waals surface area contributed by atoms with Crippen molar-refractivity contribution in [2.24, 2.45) is 0 Å². The average molecular weight is 350 g/mol. The van der Waals surface area contributed by atoms with Crippen LogP contribution in [0.4, 0.5) is 8.78 Å². The fourth-order valence-corrected chi connectivity index (χ4v) is 4.45. The summed E-state index contributed by atoms with van der Waals surface area (Å²) in [6, 6.07) is 9.81. The van der Waals surface area contributed by atoms with Crippen LogP contribution in [0.25, 0.3) is 0 Å². The van der Waals surface area contributed by atoms with Gasteiger partial charge in [0.25, 0.3) is 5.92 Å². The molecule has 25 heavy (non-hydrogen) atoms. The summed E-state index contributed by atoms with van der Waals surface area (Å²) in [6.45, 7) is 6.99. The van der Waals surface area contributed by atoms with Gasteiger partial charge in [-0.25, -0.2) is 8.78 Å². The van der Waals surface area contributed by atoms with E-state index < -0.39 is 12.0 Å². The van der Waals surface area contributed by atoms with E-state index in [1.807, 2.05) is 40.1 Å². The van der Waals surface area contributed by atoms with Crippen molar-refractivity contribution in [1.29, 1.82) is 0 Å². The molecule has 0 aliphatic carbocycles. The molecule has 3 aliphatic heterocycles. The number of nitrogens with one attached hydrogen (secondary N) is 1. The zero-order valence-electron chi connectivity index (χ0n) is 14.7. The van der Waals surface area contributed by atoms with Gasteiger partial charge in [-0.1, -0.05) is 30.3 Å². The van der Waals surface area contributed by atoms with Crippen LogP contribution >= 0.6 is 0 Å². The number of piperazine rings is 1. The van der Waals surface area contributed by atoms with Crippen LogP contribution in [0.3, 0.4) is 0 Å². The molecule has 6 heteroatoms. The van der Waals surface area contributed by atoms with Gasteiger partial charge in [-0.3, -0.25) is 14.7 Å². The molecule has 0 saturated carbocycles. The molecule has 1 aromatic carbocycles. The quantitative estimate of drug-likeness (QED) is 0.888. The summed E-state index contributed by atoms with van der Waals surface area (Å²) in [5, 5.41) is 3.35. The fourth-order valence-electron chi connectivity index (χ4n) is 4.45. The van der Waals surface area contributed by atoms with Gasteiger partial charge in [-0.15, -0.1) is 0 Å². The van der Waals surface area contributed by atoms with E-state index in [1.54, 1.807) is 0 Å². The van der Waals surface area contributed by atoms with Crippen molar-refractivity contribution in [1.82, 2.24) is 20.0 Å². The first-order valence-corrected chi connectivity index (χ1v) is 9.45. The molecule has 1 atom stereocenters. The van der Waals surface area contributed by atoms with Crippen LogP contribution in [0.5, 0.6) is 0 Å². The molecular weight excluding hydrogens is 322 g/mol. The van der Waals surface area contributed by atoms with Gasteiger partial charge in [-0.2, -0.15) is 0 Å². The van der Waals surface area contributed by atoms with Gasteiger partial charge in [-0.05, 0) is 12.0 Å². The number of nitrogens with zero attached hydrogens (tertiary/aromatic N) is 3. The van der Waals surface area contributed by atoms with Crippen LogP contribution in [0.15, 0.2) is 30.3 Å². The molecule has 0 aromatic heterocycles. The molecule has 138 valence electrons. The summed E-state index contributed by atoms with van der Waals surface area (Å²) in [7, 11) is 0. The van der Waals surface area contributed by atoms with E-state index in [2.05, 4.69) is 10.2 Å². The molecule has 0 spiro atoms. The third-order valence-corrected chi connectivity index (χ3v) is 5.89. The summed E-state index contributed by atoms with van der Waals surface area (Å²) in [4.78, 5) is 6.38. The standard InChI is InChI=1S/C19H28F2N4/c20-19(21)15-23(12-16-4-2-1-3-5-16)9-6-18(19)25-13-17(14-25)24-10-7-22-8-11-24/h1-5,17-18,22H,6-15H2. The molecule has 0 bridgehead atoms. The Bertz CT molecular complexity index is 556. The first-order valence-electron chi connectivity index (χ1n) is 9.45. The lowest BCUT2D eigenvalue weighted by atomic mass is 9.93. The van der Waals surface area contributed by atoms with Gasteiger partial charge in [0.1, 0.15) is 0 Å². The number of hydrogen-bond donors (Lipinski definition) is 1. The predicted octanol–water partition coefficient (Wildman–Crippen LogP) is 1.49. The number of piperidine rings is 1. The summed E-state index contributed by atoms with van der Waals surface area (Å²) >= 11 is 0. The topological polar surface area (TPSA) is 21.8 Å². The van der Waals surface area contributed by atoms with E-state index >= 15 is 0 Å². The van der Waals surface area contributed by atoms with Crippen LogP contribution in [0, 0.1) is 0 Å². The number of rotatable bonds is 4. The fraction of sp³-hybridized carbons (Fsp3) is 0.684. The average Bonchev–Trinajstić information content (AvgIpc) is 2.57. The summed E-state index contributed by atoms with van der Waals surface area (Å²) in [5.41, 5.74) is 1.11. The Hall–Kier alpha value is -1.08. The largest absolute Gasteiger partial charge is 0.314 e. The molecule has 0 radical (unpaired) electrons. The second-order valence-corrected chi connectivity index (χ2v) is 7.66. The molecule has 4 nitrogen and oxygen atoms in total. The lowest BCUT2D eigenvalue weighted by molar-refractivity contribution is -0.154. The van der Waals surface area contributed by atoms with Gasteiger partial charge in [0.15, 0.2) is 0 Å². The molecule has 3 saturated heterocycles. The van der Waals surface area contributed by atoms with Crippen molar-refractivity contribution >= 4 is 0 Å². The Labute approximate surface area is 148 Å². The second-order valence-electron chi connectivity index (χ2n) is 7.66. The van der Waals surface area contributed by atoms with Gasteiger partial charge < -0.3 is 5.32 Å². The van der Waals surface area contributed by atoms with Crippen molar-refractivity contribution in [3.63, 3.8) is 0 Å². The minimum absolute atomic E-state index is 0.124. The summed E-state index contributed by atoms with van der Waals surface area (Å²) < 4.78 is 29.5. The molecule has 4 rings (SSSR count). The lowest BCUT2D eigenvalue weighted by Gasteiger charge is -2.53. The number of benzene rings is 1. The van der Waals surface area contributed by atoms with Gasteiger partial charge in [0, 0.05) is 58.4 Å². The van der Waals surface area contributed by atoms with E-state index in [-0.39, 0.29) is 6.54 Å². The highest BCUT2D eigenvalue weighted by Gasteiger charge is 2.50. The van der Waals surface area contributed by atoms with Crippen LogP contribution in [-0.2, 0) is 6.54 Å². The maximum Gasteiger partial charge on any atom is 0.275 e. The number of alkyl halides is 2. The molecule has 1 N–H and O–H groups in total. The summed E-state index contributed by atoms with van der Waals surface area (Å²) in [5.74, 6) is -2.62. The molecule has 0 amide bonds. The first kappa shape index (κ1) is 17.3. The SMILES string of the molecule is FC1(F)CN(Cc2ccccc2)CCC1N1CC(N2CCNCC2)C1. The molecule has 3 aliphatic rings. The van der Waals surface area contributed by atoms with Crippen LogP contribution < -0.4 is 5.32 Å². The predicted molar refractivity (Wildman–Crippen MR) is 94.9 cm³/mol. The van der Waals surface area contributed by atoms with Crippen molar-refractivity contribution in [2.45, 2.75) is 31.0 Å². The molecule has 1 unspecified atom stereocenters. The van der Waals surface area contributed by atoms with Crippen LogP contribution in [0.2, 0.25) is 0 Å².